The minimum atomic E-state index is -3.78. The molecule has 4 N–H and O–H groups in total. The van der Waals surface area contributed by atoms with Crippen LogP contribution in [-0.4, -0.2) is 55.5 Å². The second-order valence-corrected chi connectivity index (χ2v) is 12.1. The highest BCUT2D eigenvalue weighted by Gasteiger charge is 2.24. The highest BCUT2D eigenvalue weighted by molar-refractivity contribution is 7.89. The molecule has 198 valence electrons. The molecule has 37 heavy (non-hydrogen) atoms. The fourth-order valence-electron chi connectivity index (χ4n) is 4.22. The van der Waals surface area contributed by atoms with Crippen molar-refractivity contribution in [2.75, 3.05) is 20.1 Å². The molecule has 0 aliphatic carbocycles. The second-order valence-electron chi connectivity index (χ2n) is 10.1. The number of carboxylic acids is 1. The summed E-state index contributed by atoms with van der Waals surface area (Å²) in [5.74, 6) is -1.03. The molecule has 1 atom stereocenters. The van der Waals surface area contributed by atoms with E-state index in [9.17, 15) is 18.3 Å². The predicted molar refractivity (Wildman–Crippen MR) is 148 cm³/mol. The first-order valence-electron chi connectivity index (χ1n) is 12.4. The Hall–Kier alpha value is -3.04. The van der Waals surface area contributed by atoms with Crippen LogP contribution in [0.5, 0.6) is 0 Å². The number of aryl methyl sites for hydroxylation is 1. The number of nitrogens with one attached hydrogen (secondary N) is 1. The first-order chi connectivity index (χ1) is 17.5. The molecule has 3 aromatic rings. The number of aromatic carboxylic acids is 1. The van der Waals surface area contributed by atoms with E-state index in [4.69, 9.17) is 5.73 Å². The molecule has 7 nitrogen and oxygen atoms in total. The summed E-state index contributed by atoms with van der Waals surface area (Å²) in [5, 5.41) is 12.8. The van der Waals surface area contributed by atoms with Gasteiger partial charge in [-0.1, -0.05) is 54.6 Å². The van der Waals surface area contributed by atoms with E-state index >= 15 is 0 Å². The van der Waals surface area contributed by atoms with Crippen LogP contribution in [-0.2, 0) is 16.4 Å². The molecular weight excluding hydrogens is 486 g/mol. The molecule has 3 aromatic carbocycles. The number of likely N-dealkylation sites (N-methyl/N-ethyl adjacent to an activating group) is 1. The van der Waals surface area contributed by atoms with Gasteiger partial charge in [0, 0.05) is 31.7 Å². The van der Waals surface area contributed by atoms with Gasteiger partial charge in [-0.25, -0.2) is 13.2 Å². The molecule has 0 bridgehead atoms. The van der Waals surface area contributed by atoms with Crippen LogP contribution >= 0.6 is 0 Å². The van der Waals surface area contributed by atoms with Crippen LogP contribution in [0.3, 0.4) is 0 Å². The van der Waals surface area contributed by atoms with Crippen LogP contribution in [0.15, 0.2) is 83.8 Å². The van der Waals surface area contributed by atoms with Gasteiger partial charge in [0.25, 0.3) is 0 Å². The number of carbonyl (C=O) groups is 1. The highest BCUT2D eigenvalue weighted by atomic mass is 32.2. The van der Waals surface area contributed by atoms with Crippen molar-refractivity contribution in [3.63, 3.8) is 0 Å². The van der Waals surface area contributed by atoms with Crippen LogP contribution in [0.4, 0.5) is 0 Å². The van der Waals surface area contributed by atoms with Gasteiger partial charge in [0.2, 0.25) is 10.0 Å². The maximum atomic E-state index is 13.3. The molecule has 0 aliphatic heterocycles. The van der Waals surface area contributed by atoms with Crippen molar-refractivity contribution in [3.8, 4) is 11.1 Å². The summed E-state index contributed by atoms with van der Waals surface area (Å²) < 4.78 is 27.8. The SMILES string of the molecule is CN(CC(N)CNC(C)(C)CCCc1ccccc1)S(=O)(=O)c1cccc(-c2cccc(C(=O)O)c2)c1. The number of nitrogens with two attached hydrogens (primary N) is 1. The Kier molecular flexibility index (Phi) is 9.62. The average Bonchev–Trinajstić information content (AvgIpc) is 2.88. The maximum Gasteiger partial charge on any atom is 0.335 e. The van der Waals surface area contributed by atoms with Gasteiger partial charge in [0.05, 0.1) is 10.5 Å². The third-order valence-corrected chi connectivity index (χ3v) is 8.25. The van der Waals surface area contributed by atoms with Crippen LogP contribution in [0, 0.1) is 0 Å². The van der Waals surface area contributed by atoms with Crippen molar-refractivity contribution in [2.24, 2.45) is 5.73 Å². The Morgan fingerprint density at radius 3 is 2.32 bits per heavy atom. The van der Waals surface area contributed by atoms with Gasteiger partial charge >= 0.3 is 5.97 Å². The van der Waals surface area contributed by atoms with Crippen LogP contribution in [0.1, 0.15) is 42.6 Å². The van der Waals surface area contributed by atoms with E-state index in [1.165, 1.54) is 35.1 Å². The lowest BCUT2D eigenvalue weighted by molar-refractivity contribution is 0.0697. The lowest BCUT2D eigenvalue weighted by Gasteiger charge is -2.29. The highest BCUT2D eigenvalue weighted by Crippen LogP contribution is 2.25. The van der Waals surface area contributed by atoms with Gasteiger partial charge in [0.15, 0.2) is 0 Å². The third-order valence-electron chi connectivity index (χ3n) is 6.43. The standard InChI is InChI=1S/C29H37N3O4S/c1-29(2,17-9-12-22-10-5-4-6-11-22)31-20-26(30)21-32(3)37(35,36)27-16-8-14-24(19-27)23-13-7-15-25(18-23)28(33)34/h4-8,10-11,13-16,18-19,26,31H,9,12,17,20-21,30H2,1-3H3,(H,33,34). The quantitative estimate of drug-likeness (QED) is 0.306. The fourth-order valence-corrected chi connectivity index (χ4v) is 5.49. The maximum absolute atomic E-state index is 13.3. The van der Waals surface area contributed by atoms with Gasteiger partial charge in [-0.2, -0.15) is 4.31 Å². The van der Waals surface area contributed by atoms with E-state index in [1.807, 2.05) is 6.07 Å². The van der Waals surface area contributed by atoms with Gasteiger partial charge in [-0.05, 0) is 74.1 Å². The van der Waals surface area contributed by atoms with Crippen LogP contribution < -0.4 is 11.1 Å². The summed E-state index contributed by atoms with van der Waals surface area (Å²) in [6, 6.07) is 22.9. The molecule has 0 radical (unpaired) electrons. The van der Waals surface area contributed by atoms with Crippen molar-refractivity contribution in [3.05, 3.63) is 90.0 Å². The molecule has 0 amide bonds. The normalized spacial score (nSPS) is 13.0. The predicted octanol–water partition coefficient (Wildman–Crippen LogP) is 4.39. The van der Waals surface area contributed by atoms with Gasteiger partial charge in [-0.3, -0.25) is 0 Å². The summed E-state index contributed by atoms with van der Waals surface area (Å²) in [4.78, 5) is 11.4. The summed E-state index contributed by atoms with van der Waals surface area (Å²) in [6.45, 7) is 4.92. The van der Waals surface area contributed by atoms with E-state index in [0.29, 0.717) is 17.7 Å². The summed E-state index contributed by atoms with van der Waals surface area (Å²) in [6.07, 6.45) is 3.02. The van der Waals surface area contributed by atoms with Crippen molar-refractivity contribution < 1.29 is 18.3 Å². The minimum Gasteiger partial charge on any atom is -0.478 e. The molecule has 1 unspecified atom stereocenters. The first-order valence-corrected chi connectivity index (χ1v) is 13.9. The molecule has 0 heterocycles. The van der Waals surface area contributed by atoms with Gasteiger partial charge < -0.3 is 16.2 Å². The number of rotatable bonds is 13. The van der Waals surface area contributed by atoms with E-state index in [-0.39, 0.29) is 28.6 Å². The van der Waals surface area contributed by atoms with E-state index in [1.54, 1.807) is 30.3 Å². The van der Waals surface area contributed by atoms with Crippen LogP contribution in [0.2, 0.25) is 0 Å². The zero-order valence-electron chi connectivity index (χ0n) is 21.7. The fraction of sp³-hybridized carbons (Fsp3) is 0.345. The molecule has 0 saturated carbocycles. The van der Waals surface area contributed by atoms with E-state index < -0.39 is 16.0 Å². The lowest BCUT2D eigenvalue weighted by atomic mass is 9.95. The van der Waals surface area contributed by atoms with Crippen molar-refractivity contribution >= 4 is 16.0 Å². The zero-order valence-corrected chi connectivity index (χ0v) is 22.5. The third kappa shape index (κ3) is 8.23. The molecule has 3 rings (SSSR count). The Bertz CT molecular complexity index is 1290. The summed E-state index contributed by atoms with van der Waals surface area (Å²) in [5.41, 5.74) is 8.92. The second kappa shape index (κ2) is 12.5. The Morgan fingerprint density at radius 1 is 1.00 bits per heavy atom. The molecule has 8 heteroatoms. The zero-order chi connectivity index (χ0) is 27.1. The average molecular weight is 524 g/mol. The first kappa shape index (κ1) is 28.5. The van der Waals surface area contributed by atoms with E-state index in [0.717, 1.165) is 19.3 Å². The molecular formula is C29H37N3O4S. The van der Waals surface area contributed by atoms with Gasteiger partial charge in [0.1, 0.15) is 0 Å². The van der Waals surface area contributed by atoms with Crippen molar-refractivity contribution in [2.45, 2.75) is 49.6 Å². The number of carboxylic acid groups (broad SMARTS) is 1. The monoisotopic (exact) mass is 523 g/mol. The summed E-state index contributed by atoms with van der Waals surface area (Å²) >= 11 is 0. The smallest absolute Gasteiger partial charge is 0.335 e. The van der Waals surface area contributed by atoms with Crippen molar-refractivity contribution in [1.29, 1.82) is 0 Å². The number of benzene rings is 3. The molecule has 0 spiro atoms. The molecule has 0 aromatic heterocycles. The number of sulfonamides is 1. The Balaban J connectivity index is 1.57. The Morgan fingerprint density at radius 2 is 1.65 bits per heavy atom. The lowest BCUT2D eigenvalue weighted by Crippen LogP contribution is -2.49. The van der Waals surface area contributed by atoms with Crippen molar-refractivity contribution in [1.82, 2.24) is 9.62 Å². The van der Waals surface area contributed by atoms with E-state index in [2.05, 4.69) is 43.4 Å². The summed E-state index contributed by atoms with van der Waals surface area (Å²) in [7, 11) is -2.25. The number of nitrogens with zero attached hydrogens (tertiary/aromatic N) is 1. The number of hydrogen-bond acceptors (Lipinski definition) is 5. The molecule has 0 saturated heterocycles. The minimum absolute atomic E-state index is 0.122. The van der Waals surface area contributed by atoms with Gasteiger partial charge in [-0.15, -0.1) is 0 Å². The topological polar surface area (TPSA) is 113 Å². The molecule has 0 aliphatic rings. The number of hydrogen-bond donors (Lipinski definition) is 3. The largest absolute Gasteiger partial charge is 0.478 e. The Labute approximate surface area is 220 Å². The molecule has 0 fully saturated rings. The van der Waals surface area contributed by atoms with Crippen LogP contribution in [0.25, 0.3) is 11.1 Å².